The molecule has 0 unspecified atom stereocenters. The molecule has 9 nitrogen and oxygen atoms in total. The van der Waals surface area contributed by atoms with Crippen LogP contribution in [0.15, 0.2) is 29.1 Å². The fourth-order valence-electron chi connectivity index (χ4n) is 4.05. The van der Waals surface area contributed by atoms with Crippen molar-refractivity contribution in [2.75, 3.05) is 36.5 Å². The van der Waals surface area contributed by atoms with Crippen molar-refractivity contribution in [3.63, 3.8) is 0 Å². The van der Waals surface area contributed by atoms with Gasteiger partial charge in [-0.2, -0.15) is 0 Å². The second-order valence-electron chi connectivity index (χ2n) is 7.75. The number of H-pyrrole nitrogens is 1. The quantitative estimate of drug-likeness (QED) is 0.591. The van der Waals surface area contributed by atoms with Gasteiger partial charge in [0.1, 0.15) is 11.6 Å². The maximum absolute atomic E-state index is 13.3. The van der Waals surface area contributed by atoms with Crippen molar-refractivity contribution in [3.05, 3.63) is 57.0 Å². The van der Waals surface area contributed by atoms with Gasteiger partial charge >= 0.3 is 0 Å². The first-order valence-electron chi connectivity index (χ1n) is 10.1. The lowest BCUT2D eigenvalue weighted by Gasteiger charge is -2.29. The first-order valence-corrected chi connectivity index (χ1v) is 10.1. The van der Waals surface area contributed by atoms with E-state index in [1.807, 2.05) is 11.0 Å². The summed E-state index contributed by atoms with van der Waals surface area (Å²) in [5.41, 5.74) is 3.37. The van der Waals surface area contributed by atoms with Crippen LogP contribution in [0.25, 0.3) is 10.9 Å². The fraction of sp³-hybridized carbons (Fsp3) is 0.318. The second-order valence-corrected chi connectivity index (χ2v) is 7.75. The molecule has 2 aliphatic rings. The molecular formula is C22H22N4O5. The predicted octanol–water partition coefficient (Wildman–Crippen LogP) is 2.06. The van der Waals surface area contributed by atoms with Gasteiger partial charge in [0.25, 0.3) is 5.91 Å². The number of anilines is 2. The molecule has 1 saturated heterocycles. The zero-order valence-corrected chi connectivity index (χ0v) is 17.0. The summed E-state index contributed by atoms with van der Waals surface area (Å²) in [6.45, 7) is 5.09. The number of aromatic hydroxyl groups is 1. The van der Waals surface area contributed by atoms with E-state index in [4.69, 9.17) is 14.5 Å². The van der Waals surface area contributed by atoms with Crippen molar-refractivity contribution in [1.29, 1.82) is 0 Å². The number of nitrogens with one attached hydrogen (secondary N) is 2. The summed E-state index contributed by atoms with van der Waals surface area (Å²) >= 11 is 0. The van der Waals surface area contributed by atoms with Crippen LogP contribution in [0.2, 0.25) is 0 Å². The molecule has 0 bridgehead atoms. The monoisotopic (exact) mass is 422 g/mol. The number of hydrogen-bond acceptors (Lipinski definition) is 7. The third kappa shape index (κ3) is 3.62. The molecule has 0 atom stereocenters. The Morgan fingerprint density at radius 1 is 1.16 bits per heavy atom. The van der Waals surface area contributed by atoms with E-state index in [9.17, 15) is 14.7 Å². The van der Waals surface area contributed by atoms with Gasteiger partial charge in [-0.1, -0.05) is 0 Å². The van der Waals surface area contributed by atoms with Crippen LogP contribution in [-0.4, -0.2) is 47.3 Å². The van der Waals surface area contributed by atoms with Crippen molar-refractivity contribution in [2.45, 2.75) is 20.1 Å². The number of pyridine rings is 2. The average Bonchev–Trinajstić information content (AvgIpc) is 3.22. The summed E-state index contributed by atoms with van der Waals surface area (Å²) in [6, 6.07) is 6.44. The van der Waals surface area contributed by atoms with Gasteiger partial charge < -0.3 is 29.8 Å². The maximum Gasteiger partial charge on any atom is 0.259 e. The van der Waals surface area contributed by atoms with E-state index in [0.717, 1.165) is 11.3 Å². The molecule has 0 spiro atoms. The highest BCUT2D eigenvalue weighted by atomic mass is 16.5. The van der Waals surface area contributed by atoms with E-state index in [-0.39, 0.29) is 17.2 Å². The van der Waals surface area contributed by atoms with Crippen LogP contribution in [0, 0.1) is 6.92 Å². The van der Waals surface area contributed by atoms with Crippen molar-refractivity contribution in [1.82, 2.24) is 9.97 Å². The lowest BCUT2D eigenvalue weighted by Crippen LogP contribution is -2.38. The largest absolute Gasteiger partial charge is 0.506 e. The number of hydrogen-bond donors (Lipinski definition) is 3. The summed E-state index contributed by atoms with van der Waals surface area (Å²) in [6.07, 6.45) is 0. The summed E-state index contributed by atoms with van der Waals surface area (Å²) in [5, 5.41) is 13.9. The molecule has 1 fully saturated rings. The molecule has 31 heavy (non-hydrogen) atoms. The number of carbonyl (C=O) groups excluding carboxylic acids is 1. The van der Waals surface area contributed by atoms with Crippen molar-refractivity contribution < 1.29 is 19.4 Å². The number of benzene rings is 1. The van der Waals surface area contributed by atoms with E-state index in [0.29, 0.717) is 73.1 Å². The summed E-state index contributed by atoms with van der Waals surface area (Å²) in [5.74, 6) is 0.169. The van der Waals surface area contributed by atoms with Gasteiger partial charge in [-0.05, 0) is 24.6 Å². The van der Waals surface area contributed by atoms with Crippen LogP contribution in [0.5, 0.6) is 5.75 Å². The number of carbonyl (C=O) groups is 1. The topological polar surface area (TPSA) is 117 Å². The van der Waals surface area contributed by atoms with Gasteiger partial charge in [-0.3, -0.25) is 9.59 Å². The molecule has 9 heteroatoms. The fourth-order valence-corrected chi connectivity index (χ4v) is 4.05. The Morgan fingerprint density at radius 3 is 2.77 bits per heavy atom. The minimum absolute atomic E-state index is 0.109. The number of ether oxygens (including phenoxy) is 2. The molecule has 2 aromatic heterocycles. The smallest absolute Gasteiger partial charge is 0.259 e. The number of morpholine rings is 1. The Morgan fingerprint density at radius 2 is 1.97 bits per heavy atom. The third-order valence-electron chi connectivity index (χ3n) is 5.62. The number of rotatable bonds is 3. The highest BCUT2D eigenvalue weighted by molar-refractivity contribution is 6.09. The van der Waals surface area contributed by atoms with Crippen molar-refractivity contribution in [2.24, 2.45) is 0 Å². The van der Waals surface area contributed by atoms with E-state index < -0.39 is 0 Å². The Labute approximate surface area is 177 Å². The summed E-state index contributed by atoms with van der Waals surface area (Å²) in [4.78, 5) is 34.4. The number of amides is 1. The average molecular weight is 422 g/mol. The molecule has 3 aromatic rings. The van der Waals surface area contributed by atoms with Crippen LogP contribution in [-0.2, 0) is 22.7 Å². The molecule has 5 rings (SSSR count). The van der Waals surface area contributed by atoms with E-state index in [2.05, 4.69) is 10.3 Å². The van der Waals surface area contributed by atoms with Crippen LogP contribution in [0.3, 0.4) is 0 Å². The third-order valence-corrected chi connectivity index (χ3v) is 5.62. The minimum atomic E-state index is -0.329. The first kappa shape index (κ1) is 19.5. The normalized spacial score (nSPS) is 15.8. The molecule has 4 heterocycles. The van der Waals surface area contributed by atoms with Crippen molar-refractivity contribution in [3.8, 4) is 5.75 Å². The molecule has 3 N–H and O–H groups in total. The van der Waals surface area contributed by atoms with Gasteiger partial charge in [-0.25, -0.2) is 4.98 Å². The second kappa shape index (κ2) is 7.68. The molecule has 0 radical (unpaired) electrons. The van der Waals surface area contributed by atoms with Gasteiger partial charge in [-0.15, -0.1) is 0 Å². The minimum Gasteiger partial charge on any atom is -0.506 e. The number of fused-ring (bicyclic) bond motifs is 2. The zero-order chi connectivity index (χ0) is 21.5. The molecule has 0 saturated carbocycles. The van der Waals surface area contributed by atoms with Crippen molar-refractivity contribution >= 4 is 28.3 Å². The predicted molar refractivity (Wildman–Crippen MR) is 115 cm³/mol. The molecule has 2 aliphatic heterocycles. The van der Waals surface area contributed by atoms with Gasteiger partial charge in [0, 0.05) is 41.9 Å². The van der Waals surface area contributed by atoms with E-state index in [1.165, 1.54) is 12.1 Å². The maximum atomic E-state index is 13.3. The number of aryl methyl sites for hydroxylation is 1. The molecular weight excluding hydrogens is 400 g/mol. The standard InChI is InChI=1S/C22H22N4O5/c1-12-6-19(28)25-20-15(12)8-14(9-18(20)27)23-22(29)16-7-13-10-31-11-17(13)24-21(16)26-2-4-30-5-3-26/h6-9,27H,2-5,10-11H2,1H3,(H,23,29)(H,25,28). The lowest BCUT2D eigenvalue weighted by molar-refractivity contribution is 0.102. The van der Waals surface area contributed by atoms with Gasteiger partial charge in [0.05, 0.1) is 43.2 Å². The Bertz CT molecular complexity index is 1250. The molecule has 1 amide bonds. The Hall–Kier alpha value is -3.43. The first-order chi connectivity index (χ1) is 15.0. The van der Waals surface area contributed by atoms with Crippen LogP contribution in [0.1, 0.15) is 27.2 Å². The molecule has 160 valence electrons. The van der Waals surface area contributed by atoms with Crippen LogP contribution >= 0.6 is 0 Å². The molecule has 0 aliphatic carbocycles. The van der Waals surface area contributed by atoms with Crippen LogP contribution < -0.4 is 15.8 Å². The number of phenolic OH excluding ortho intramolecular Hbond substituents is 1. The number of aromatic amines is 1. The number of nitrogens with zero attached hydrogens (tertiary/aromatic N) is 2. The zero-order valence-electron chi connectivity index (χ0n) is 17.0. The number of phenols is 1. The number of aromatic nitrogens is 2. The summed E-state index contributed by atoms with van der Waals surface area (Å²) in [7, 11) is 0. The van der Waals surface area contributed by atoms with Gasteiger partial charge in [0.2, 0.25) is 5.56 Å². The lowest BCUT2D eigenvalue weighted by atomic mass is 10.1. The van der Waals surface area contributed by atoms with E-state index in [1.54, 1.807) is 13.0 Å². The Balaban J connectivity index is 1.53. The van der Waals surface area contributed by atoms with E-state index >= 15 is 0 Å². The SMILES string of the molecule is Cc1cc(=O)[nH]c2c(O)cc(NC(=O)c3cc4c(nc3N3CCOCC3)COC4)cc12. The summed E-state index contributed by atoms with van der Waals surface area (Å²) < 4.78 is 10.9. The van der Waals surface area contributed by atoms with Crippen LogP contribution in [0.4, 0.5) is 11.5 Å². The Kier molecular flexibility index (Phi) is 4.84. The molecule has 1 aromatic carbocycles. The highest BCUT2D eigenvalue weighted by Crippen LogP contribution is 2.31. The highest BCUT2D eigenvalue weighted by Gasteiger charge is 2.25. The van der Waals surface area contributed by atoms with Gasteiger partial charge in [0.15, 0.2) is 0 Å².